The van der Waals surface area contributed by atoms with Gasteiger partial charge in [-0.3, -0.25) is 9.88 Å². The van der Waals surface area contributed by atoms with Gasteiger partial charge in [0.15, 0.2) is 15.6 Å². The monoisotopic (exact) mass is 321 g/mol. The van der Waals surface area contributed by atoms with Crippen LogP contribution in [0.5, 0.6) is 0 Å². The van der Waals surface area contributed by atoms with Crippen molar-refractivity contribution in [2.75, 3.05) is 18.1 Å². The van der Waals surface area contributed by atoms with E-state index >= 15 is 0 Å². The Morgan fingerprint density at radius 2 is 2.32 bits per heavy atom. The first-order chi connectivity index (χ1) is 10.6. The van der Waals surface area contributed by atoms with Crippen molar-refractivity contribution in [3.05, 3.63) is 36.4 Å². The number of sulfone groups is 1. The van der Waals surface area contributed by atoms with Gasteiger partial charge in [-0.2, -0.15) is 0 Å². The molecule has 118 valence electrons. The predicted molar refractivity (Wildman–Crippen MR) is 82.9 cm³/mol. The third kappa shape index (κ3) is 3.36. The molecular weight excluding hydrogens is 302 g/mol. The lowest BCUT2D eigenvalue weighted by Crippen LogP contribution is -2.35. The van der Waals surface area contributed by atoms with E-state index in [-0.39, 0.29) is 17.5 Å². The third-order valence-corrected chi connectivity index (χ3v) is 5.76. The summed E-state index contributed by atoms with van der Waals surface area (Å²) in [5.74, 6) is 1.26. The van der Waals surface area contributed by atoms with Crippen molar-refractivity contribution in [2.24, 2.45) is 0 Å². The third-order valence-electron chi connectivity index (χ3n) is 4.01. The molecule has 1 saturated heterocycles. The Hall–Kier alpha value is -1.73. The number of hydrogen-bond acceptors (Lipinski definition) is 6. The fraction of sp³-hybridized carbons (Fsp3) is 0.467. The highest BCUT2D eigenvalue weighted by molar-refractivity contribution is 7.91. The van der Waals surface area contributed by atoms with Gasteiger partial charge in [0.2, 0.25) is 0 Å². The van der Waals surface area contributed by atoms with Crippen LogP contribution >= 0.6 is 0 Å². The first-order valence-electron chi connectivity index (χ1n) is 7.38. The second kappa shape index (κ2) is 6.18. The summed E-state index contributed by atoms with van der Waals surface area (Å²) in [6.07, 6.45) is 4.15. The van der Waals surface area contributed by atoms with Crippen LogP contribution in [0.3, 0.4) is 0 Å². The van der Waals surface area contributed by atoms with Crippen molar-refractivity contribution in [1.29, 1.82) is 0 Å². The maximum Gasteiger partial charge on any atom is 0.151 e. The van der Waals surface area contributed by atoms with E-state index in [0.29, 0.717) is 13.0 Å². The Morgan fingerprint density at radius 3 is 2.95 bits per heavy atom. The number of aromatic nitrogens is 2. The molecule has 1 aliphatic rings. The summed E-state index contributed by atoms with van der Waals surface area (Å²) < 4.78 is 28.7. The Labute approximate surface area is 130 Å². The van der Waals surface area contributed by atoms with Crippen molar-refractivity contribution in [2.45, 2.75) is 25.9 Å². The van der Waals surface area contributed by atoms with Crippen LogP contribution in [0.15, 0.2) is 35.1 Å². The van der Waals surface area contributed by atoms with Gasteiger partial charge in [-0.15, -0.1) is 0 Å². The zero-order valence-corrected chi connectivity index (χ0v) is 13.3. The van der Waals surface area contributed by atoms with Gasteiger partial charge in [-0.05, 0) is 25.1 Å². The summed E-state index contributed by atoms with van der Waals surface area (Å²) in [4.78, 5) is 6.20. The number of pyridine rings is 1. The molecular formula is C15H19N3O3S. The lowest BCUT2D eigenvalue weighted by molar-refractivity contribution is 0.190. The molecule has 1 fully saturated rings. The molecule has 3 rings (SSSR count). The number of nitrogens with zero attached hydrogens (tertiary/aromatic N) is 3. The van der Waals surface area contributed by atoms with Gasteiger partial charge in [-0.1, -0.05) is 12.1 Å². The lowest BCUT2D eigenvalue weighted by atomic mass is 10.2. The quantitative estimate of drug-likeness (QED) is 0.835. The maximum atomic E-state index is 11.6. The summed E-state index contributed by atoms with van der Waals surface area (Å²) in [6, 6.07) is 5.74. The molecule has 6 nitrogen and oxygen atoms in total. The van der Waals surface area contributed by atoms with Crippen LogP contribution in [0.1, 0.15) is 19.1 Å². The molecule has 0 saturated carbocycles. The van der Waals surface area contributed by atoms with Crippen molar-refractivity contribution in [1.82, 2.24) is 15.0 Å². The van der Waals surface area contributed by atoms with Crippen LogP contribution in [0.2, 0.25) is 0 Å². The van der Waals surface area contributed by atoms with E-state index in [9.17, 15) is 8.42 Å². The molecule has 0 N–H and O–H groups in total. The fourth-order valence-electron chi connectivity index (χ4n) is 2.80. The van der Waals surface area contributed by atoms with E-state index < -0.39 is 9.84 Å². The summed E-state index contributed by atoms with van der Waals surface area (Å²) in [5, 5.41) is 4.07. The van der Waals surface area contributed by atoms with Crippen LogP contribution in [0.4, 0.5) is 0 Å². The van der Waals surface area contributed by atoms with Gasteiger partial charge in [-0.25, -0.2) is 8.42 Å². The summed E-state index contributed by atoms with van der Waals surface area (Å²) in [5.41, 5.74) is 1.65. The SMILES string of the molecule is CCN(Cc1cc(-c2cccnc2)no1)[C@H]1CCS(=O)(=O)C1. The Kier molecular flexibility index (Phi) is 4.26. The van der Waals surface area contributed by atoms with Crippen molar-refractivity contribution in [3.63, 3.8) is 0 Å². The van der Waals surface area contributed by atoms with E-state index in [0.717, 1.165) is 23.6 Å². The average molecular weight is 321 g/mol. The highest BCUT2D eigenvalue weighted by Crippen LogP contribution is 2.22. The second-order valence-electron chi connectivity index (χ2n) is 5.54. The largest absolute Gasteiger partial charge is 0.359 e. The predicted octanol–water partition coefficient (Wildman–Crippen LogP) is 1.75. The normalized spacial score (nSPS) is 20.5. The van der Waals surface area contributed by atoms with Gasteiger partial charge in [0.25, 0.3) is 0 Å². The standard InChI is InChI=1S/C15H19N3O3S/c1-2-18(13-5-7-22(19,20)11-13)10-14-8-15(17-21-14)12-4-3-6-16-9-12/h3-4,6,8-9,13H,2,5,7,10-11H2,1H3/t13-/m0/s1. The van der Waals surface area contributed by atoms with Crippen molar-refractivity contribution >= 4 is 9.84 Å². The molecule has 0 spiro atoms. The Bertz CT molecular complexity index is 728. The van der Waals surface area contributed by atoms with Crippen molar-refractivity contribution in [3.8, 4) is 11.3 Å². The zero-order valence-electron chi connectivity index (χ0n) is 12.5. The number of hydrogen-bond donors (Lipinski definition) is 0. The molecule has 0 bridgehead atoms. The van der Waals surface area contributed by atoms with E-state index in [4.69, 9.17) is 4.52 Å². The van der Waals surface area contributed by atoms with Gasteiger partial charge >= 0.3 is 0 Å². The molecule has 3 heterocycles. The minimum atomic E-state index is -2.88. The van der Waals surface area contributed by atoms with E-state index in [1.807, 2.05) is 25.1 Å². The average Bonchev–Trinajstić information content (AvgIpc) is 3.12. The fourth-order valence-corrected chi connectivity index (χ4v) is 4.56. The minimum Gasteiger partial charge on any atom is -0.359 e. The van der Waals surface area contributed by atoms with Gasteiger partial charge in [0.05, 0.1) is 18.1 Å². The van der Waals surface area contributed by atoms with Crippen molar-refractivity contribution < 1.29 is 12.9 Å². The van der Waals surface area contributed by atoms with Gasteiger partial charge in [0, 0.05) is 30.1 Å². The smallest absolute Gasteiger partial charge is 0.151 e. The molecule has 7 heteroatoms. The Morgan fingerprint density at radius 1 is 1.45 bits per heavy atom. The topological polar surface area (TPSA) is 76.3 Å². The molecule has 0 aliphatic carbocycles. The zero-order chi connectivity index (χ0) is 15.6. The highest BCUT2D eigenvalue weighted by Gasteiger charge is 2.32. The van der Waals surface area contributed by atoms with Crippen LogP contribution in [-0.4, -0.2) is 47.6 Å². The first kappa shape index (κ1) is 15.2. The van der Waals surface area contributed by atoms with Crippen LogP contribution in [-0.2, 0) is 16.4 Å². The molecule has 2 aromatic rings. The van der Waals surface area contributed by atoms with Crippen LogP contribution in [0, 0.1) is 0 Å². The van der Waals surface area contributed by atoms with E-state index in [2.05, 4.69) is 15.0 Å². The summed E-state index contributed by atoms with van der Waals surface area (Å²) in [6.45, 7) is 3.39. The lowest BCUT2D eigenvalue weighted by Gasteiger charge is -2.24. The molecule has 0 radical (unpaired) electrons. The molecule has 2 aromatic heterocycles. The van der Waals surface area contributed by atoms with E-state index in [1.165, 1.54) is 0 Å². The molecule has 0 amide bonds. The second-order valence-corrected chi connectivity index (χ2v) is 7.77. The van der Waals surface area contributed by atoms with E-state index in [1.54, 1.807) is 12.4 Å². The van der Waals surface area contributed by atoms with Crippen LogP contribution < -0.4 is 0 Å². The number of rotatable bonds is 5. The molecule has 1 aliphatic heterocycles. The summed E-state index contributed by atoms with van der Waals surface area (Å²) in [7, 11) is -2.88. The maximum absolute atomic E-state index is 11.6. The minimum absolute atomic E-state index is 0.0712. The molecule has 0 aromatic carbocycles. The first-order valence-corrected chi connectivity index (χ1v) is 9.20. The molecule has 1 atom stereocenters. The van der Waals surface area contributed by atoms with Gasteiger partial charge in [0.1, 0.15) is 5.69 Å². The molecule has 0 unspecified atom stereocenters. The molecule has 22 heavy (non-hydrogen) atoms. The Balaban J connectivity index is 1.71. The highest BCUT2D eigenvalue weighted by atomic mass is 32.2. The van der Waals surface area contributed by atoms with Gasteiger partial charge < -0.3 is 4.52 Å². The summed E-state index contributed by atoms with van der Waals surface area (Å²) >= 11 is 0. The van der Waals surface area contributed by atoms with Crippen LogP contribution in [0.25, 0.3) is 11.3 Å².